The quantitative estimate of drug-likeness (QED) is 0.428. The standard InChI is InChI=1S/C29H41N3O7/c1-29(2,3)39-27(35)30-23(20-13-9-6-10-14-20)25(33)31-16-15-22-24(31)21(26(34)37-4)17-32(22)28(36)38-18-19-11-7-5-8-12-19/h5,7-8,11-12,20-24H,6,9-10,13-18H2,1-4H3,(H,30,35)/t21-,22+,23-,24+/m0/s1. The molecule has 10 nitrogen and oxygen atoms in total. The van der Waals surface area contributed by atoms with Gasteiger partial charge in [-0.25, -0.2) is 9.59 Å². The van der Waals surface area contributed by atoms with Gasteiger partial charge < -0.3 is 29.3 Å². The molecule has 4 rings (SSSR count). The number of hydrogen-bond donors (Lipinski definition) is 1. The van der Waals surface area contributed by atoms with Crippen molar-refractivity contribution in [1.82, 2.24) is 15.1 Å². The number of esters is 1. The summed E-state index contributed by atoms with van der Waals surface area (Å²) in [7, 11) is 1.31. The zero-order chi connectivity index (χ0) is 28.2. The van der Waals surface area contributed by atoms with Gasteiger partial charge in [-0.3, -0.25) is 9.59 Å². The van der Waals surface area contributed by atoms with Crippen molar-refractivity contribution in [1.29, 1.82) is 0 Å². The van der Waals surface area contributed by atoms with Gasteiger partial charge in [0.15, 0.2) is 0 Å². The van der Waals surface area contributed by atoms with Gasteiger partial charge in [0.25, 0.3) is 0 Å². The Morgan fingerprint density at radius 1 is 1.00 bits per heavy atom. The predicted octanol–water partition coefficient (Wildman–Crippen LogP) is 3.87. The fourth-order valence-corrected chi connectivity index (χ4v) is 6.18. The van der Waals surface area contributed by atoms with E-state index in [1.807, 2.05) is 30.3 Å². The molecule has 0 aromatic heterocycles. The number of carbonyl (C=O) groups is 4. The second-order valence-corrected chi connectivity index (χ2v) is 11.7. The molecule has 1 saturated carbocycles. The first-order valence-corrected chi connectivity index (χ1v) is 13.9. The van der Waals surface area contributed by atoms with E-state index in [-0.39, 0.29) is 31.0 Å². The van der Waals surface area contributed by atoms with E-state index < -0.39 is 41.8 Å². The highest BCUT2D eigenvalue weighted by molar-refractivity contribution is 5.88. The summed E-state index contributed by atoms with van der Waals surface area (Å²) < 4.78 is 16.1. The van der Waals surface area contributed by atoms with Crippen molar-refractivity contribution in [3.8, 4) is 0 Å². The number of carbonyl (C=O) groups excluding carboxylic acids is 4. The Hall–Kier alpha value is -3.30. The minimum Gasteiger partial charge on any atom is -0.469 e. The van der Waals surface area contributed by atoms with Crippen LogP contribution in [0.4, 0.5) is 9.59 Å². The van der Waals surface area contributed by atoms with Gasteiger partial charge in [0.2, 0.25) is 5.91 Å². The molecule has 2 aliphatic heterocycles. The Morgan fingerprint density at radius 2 is 1.69 bits per heavy atom. The van der Waals surface area contributed by atoms with Crippen LogP contribution in [0.5, 0.6) is 0 Å². The second kappa shape index (κ2) is 12.3. The molecule has 39 heavy (non-hydrogen) atoms. The fourth-order valence-electron chi connectivity index (χ4n) is 6.18. The highest BCUT2D eigenvalue weighted by Gasteiger charge is 2.56. The van der Waals surface area contributed by atoms with Gasteiger partial charge in [0.1, 0.15) is 18.2 Å². The van der Waals surface area contributed by atoms with Gasteiger partial charge in [0.05, 0.1) is 25.1 Å². The minimum absolute atomic E-state index is 0.0252. The zero-order valence-electron chi connectivity index (χ0n) is 23.4. The normalized spacial score (nSPS) is 24.1. The number of fused-ring (bicyclic) bond motifs is 1. The zero-order valence-corrected chi connectivity index (χ0v) is 23.4. The molecule has 1 N–H and O–H groups in total. The lowest BCUT2D eigenvalue weighted by atomic mass is 9.83. The molecule has 3 amide bonds. The van der Waals surface area contributed by atoms with E-state index in [9.17, 15) is 19.2 Å². The van der Waals surface area contributed by atoms with Gasteiger partial charge in [0, 0.05) is 13.1 Å². The minimum atomic E-state index is -0.767. The molecule has 1 aromatic carbocycles. The summed E-state index contributed by atoms with van der Waals surface area (Å²) in [5.41, 5.74) is 0.156. The average Bonchev–Trinajstić information content (AvgIpc) is 3.51. The number of methoxy groups -OCH3 is 1. The number of likely N-dealkylation sites (tertiary alicyclic amines) is 2. The van der Waals surface area contributed by atoms with Crippen molar-refractivity contribution >= 4 is 24.1 Å². The van der Waals surface area contributed by atoms with E-state index in [1.54, 1.807) is 30.6 Å². The SMILES string of the molecule is COC(=O)[C@H]1CN(C(=O)OCc2ccccc2)[C@@H]2CCN(C(=O)[C@@H](NC(=O)OC(C)(C)C)C3CCCCC3)[C@H]12. The van der Waals surface area contributed by atoms with Crippen LogP contribution < -0.4 is 5.32 Å². The highest BCUT2D eigenvalue weighted by atomic mass is 16.6. The van der Waals surface area contributed by atoms with Crippen molar-refractivity contribution in [3.63, 3.8) is 0 Å². The summed E-state index contributed by atoms with van der Waals surface area (Å²) in [5, 5.41) is 2.86. The molecular weight excluding hydrogens is 502 g/mol. The summed E-state index contributed by atoms with van der Waals surface area (Å²) >= 11 is 0. The third-order valence-corrected chi connectivity index (χ3v) is 7.91. The largest absolute Gasteiger partial charge is 0.469 e. The molecule has 1 aliphatic carbocycles. The molecule has 2 heterocycles. The topological polar surface area (TPSA) is 114 Å². The van der Waals surface area contributed by atoms with Crippen LogP contribution in [0.1, 0.15) is 64.9 Å². The van der Waals surface area contributed by atoms with Crippen LogP contribution in [0.15, 0.2) is 30.3 Å². The van der Waals surface area contributed by atoms with E-state index in [4.69, 9.17) is 14.2 Å². The maximum atomic E-state index is 14.1. The van der Waals surface area contributed by atoms with Gasteiger partial charge >= 0.3 is 18.2 Å². The summed E-state index contributed by atoms with van der Waals surface area (Å²) in [6, 6.07) is 7.67. The Balaban J connectivity index is 1.53. The second-order valence-electron chi connectivity index (χ2n) is 11.7. The first-order chi connectivity index (χ1) is 18.6. The van der Waals surface area contributed by atoms with Gasteiger partial charge in [-0.1, -0.05) is 49.6 Å². The number of rotatable bonds is 6. The van der Waals surface area contributed by atoms with E-state index >= 15 is 0 Å². The van der Waals surface area contributed by atoms with Crippen LogP contribution >= 0.6 is 0 Å². The van der Waals surface area contributed by atoms with Gasteiger partial charge in [-0.05, 0) is 51.5 Å². The number of ether oxygens (including phenoxy) is 3. The average molecular weight is 544 g/mol. The summed E-state index contributed by atoms with van der Waals surface area (Å²) in [4.78, 5) is 56.1. The lowest BCUT2D eigenvalue weighted by molar-refractivity contribution is -0.148. The third-order valence-electron chi connectivity index (χ3n) is 7.91. The highest BCUT2D eigenvalue weighted by Crippen LogP contribution is 2.38. The van der Waals surface area contributed by atoms with Crippen LogP contribution in [0.25, 0.3) is 0 Å². The Bertz CT molecular complexity index is 1040. The molecule has 2 saturated heterocycles. The molecule has 10 heteroatoms. The number of amides is 3. The van der Waals surface area contributed by atoms with E-state index in [0.29, 0.717) is 13.0 Å². The summed E-state index contributed by atoms with van der Waals surface area (Å²) in [5.74, 6) is -1.45. The number of hydrogen-bond acceptors (Lipinski definition) is 7. The number of benzene rings is 1. The van der Waals surface area contributed by atoms with Crippen molar-refractivity contribution in [2.75, 3.05) is 20.2 Å². The number of nitrogens with zero attached hydrogens (tertiary/aromatic N) is 2. The van der Waals surface area contributed by atoms with E-state index in [0.717, 1.165) is 37.7 Å². The van der Waals surface area contributed by atoms with Gasteiger partial charge in [-0.15, -0.1) is 0 Å². The van der Waals surface area contributed by atoms with Crippen LogP contribution in [-0.2, 0) is 30.4 Å². The summed E-state index contributed by atoms with van der Waals surface area (Å²) in [6.07, 6.45) is 4.08. The predicted molar refractivity (Wildman–Crippen MR) is 142 cm³/mol. The molecule has 0 unspecified atom stereocenters. The monoisotopic (exact) mass is 543 g/mol. The lowest BCUT2D eigenvalue weighted by Crippen LogP contribution is -2.56. The van der Waals surface area contributed by atoms with Crippen LogP contribution in [0.2, 0.25) is 0 Å². The van der Waals surface area contributed by atoms with Crippen LogP contribution in [0, 0.1) is 11.8 Å². The smallest absolute Gasteiger partial charge is 0.410 e. The molecule has 1 aromatic rings. The van der Waals surface area contributed by atoms with Crippen molar-refractivity contribution < 1.29 is 33.4 Å². The van der Waals surface area contributed by atoms with Crippen molar-refractivity contribution in [2.45, 2.75) is 89.6 Å². The molecule has 214 valence electrons. The van der Waals surface area contributed by atoms with E-state index in [1.165, 1.54) is 7.11 Å². The van der Waals surface area contributed by atoms with Crippen molar-refractivity contribution in [3.05, 3.63) is 35.9 Å². The third kappa shape index (κ3) is 6.83. The maximum absolute atomic E-state index is 14.1. The number of nitrogens with one attached hydrogen (secondary N) is 1. The van der Waals surface area contributed by atoms with Crippen LogP contribution in [-0.4, -0.2) is 77.8 Å². The van der Waals surface area contributed by atoms with Crippen molar-refractivity contribution in [2.24, 2.45) is 11.8 Å². The molecule has 0 radical (unpaired) electrons. The van der Waals surface area contributed by atoms with Gasteiger partial charge in [-0.2, -0.15) is 0 Å². The Kier molecular flexibility index (Phi) is 9.02. The summed E-state index contributed by atoms with van der Waals surface area (Å²) in [6.45, 7) is 5.92. The Morgan fingerprint density at radius 3 is 2.33 bits per heavy atom. The maximum Gasteiger partial charge on any atom is 0.410 e. The first-order valence-electron chi connectivity index (χ1n) is 13.9. The molecule has 3 fully saturated rings. The van der Waals surface area contributed by atoms with E-state index in [2.05, 4.69) is 5.32 Å². The molecular formula is C29H41N3O7. The molecule has 4 atom stereocenters. The first kappa shape index (κ1) is 28.7. The lowest BCUT2D eigenvalue weighted by Gasteiger charge is -2.36. The molecule has 3 aliphatic rings. The molecule has 0 spiro atoms. The van der Waals surface area contributed by atoms with Crippen LogP contribution in [0.3, 0.4) is 0 Å². The Labute approximate surface area is 230 Å². The molecule has 0 bridgehead atoms. The fraction of sp³-hybridized carbons (Fsp3) is 0.655. The number of alkyl carbamates (subject to hydrolysis) is 1.